The van der Waals surface area contributed by atoms with E-state index in [1.54, 1.807) is 0 Å². The van der Waals surface area contributed by atoms with Gasteiger partial charge in [0.15, 0.2) is 0 Å². The van der Waals surface area contributed by atoms with Crippen molar-refractivity contribution < 1.29 is 24.4 Å². The van der Waals surface area contributed by atoms with E-state index in [9.17, 15) is 24.8 Å². The fraction of sp³-hybridized carbons (Fsp3) is 0.0909. The second-order valence-corrected chi connectivity index (χ2v) is 6.74. The zero-order chi connectivity index (χ0) is 21.3. The molecule has 1 amide bonds. The van der Waals surface area contributed by atoms with Crippen molar-refractivity contribution in [2.45, 2.75) is 5.92 Å². The first-order valence-electron chi connectivity index (χ1n) is 9.09. The average Bonchev–Trinajstić information content (AvgIpc) is 3.06. The smallest absolute Gasteiger partial charge is 0.411 e. The molecule has 0 aromatic heterocycles. The van der Waals surface area contributed by atoms with Gasteiger partial charge in [-0.2, -0.15) is 0 Å². The molecule has 0 spiro atoms. The summed E-state index contributed by atoms with van der Waals surface area (Å²) in [6.07, 6.45) is -0.889. The third-order valence-electron chi connectivity index (χ3n) is 5.02. The minimum Gasteiger partial charge on any atom is -0.478 e. The Labute approximate surface area is 170 Å². The van der Waals surface area contributed by atoms with Crippen LogP contribution in [0.5, 0.6) is 0 Å². The van der Waals surface area contributed by atoms with Crippen molar-refractivity contribution in [3.8, 4) is 11.1 Å². The van der Waals surface area contributed by atoms with Gasteiger partial charge in [-0.3, -0.25) is 15.4 Å². The first kappa shape index (κ1) is 19.1. The van der Waals surface area contributed by atoms with Crippen LogP contribution in [0.4, 0.5) is 16.2 Å². The summed E-state index contributed by atoms with van der Waals surface area (Å²) in [5.74, 6) is -1.48. The highest BCUT2D eigenvalue weighted by atomic mass is 16.6. The van der Waals surface area contributed by atoms with Gasteiger partial charge in [-0.05, 0) is 28.3 Å². The summed E-state index contributed by atoms with van der Waals surface area (Å²) in [6, 6.07) is 18.8. The molecule has 0 saturated carbocycles. The summed E-state index contributed by atoms with van der Waals surface area (Å²) in [4.78, 5) is 34.0. The minimum absolute atomic E-state index is 0.0389. The Kier molecular flexibility index (Phi) is 4.89. The number of nitro benzene ring substituents is 1. The first-order valence-corrected chi connectivity index (χ1v) is 9.09. The third-order valence-corrected chi connectivity index (χ3v) is 5.02. The van der Waals surface area contributed by atoms with Gasteiger partial charge in [0.25, 0.3) is 5.69 Å². The number of carboxylic acid groups (broad SMARTS) is 1. The highest BCUT2D eigenvalue weighted by molar-refractivity contribution is 5.99. The molecule has 150 valence electrons. The Balaban J connectivity index is 1.53. The number of anilines is 1. The maximum absolute atomic E-state index is 12.4. The van der Waals surface area contributed by atoms with Crippen molar-refractivity contribution in [2.75, 3.05) is 11.9 Å². The van der Waals surface area contributed by atoms with Gasteiger partial charge in [0.1, 0.15) is 6.61 Å². The van der Waals surface area contributed by atoms with Crippen LogP contribution in [0.25, 0.3) is 11.1 Å². The lowest BCUT2D eigenvalue weighted by Gasteiger charge is -2.15. The standard InChI is InChI=1S/C22H16N2O6/c25-21(26)18-10-9-13(24(28)29)11-20(18)23-22(27)30-12-19-16-7-3-1-5-14(16)15-6-2-4-8-17(15)19/h1-11,19H,12H2,(H,23,27)(H,25,26). The first-order chi connectivity index (χ1) is 14.5. The lowest BCUT2D eigenvalue weighted by molar-refractivity contribution is -0.384. The van der Waals surface area contributed by atoms with Crippen molar-refractivity contribution in [2.24, 2.45) is 0 Å². The monoisotopic (exact) mass is 404 g/mol. The third kappa shape index (κ3) is 3.46. The van der Waals surface area contributed by atoms with Gasteiger partial charge in [0.2, 0.25) is 0 Å². The number of carbonyl (C=O) groups is 2. The molecular formula is C22H16N2O6. The number of nitro groups is 1. The molecule has 0 fully saturated rings. The number of non-ortho nitro benzene ring substituents is 1. The summed E-state index contributed by atoms with van der Waals surface area (Å²) in [6.45, 7) is 0.0389. The largest absolute Gasteiger partial charge is 0.478 e. The lowest BCUT2D eigenvalue weighted by atomic mass is 9.98. The Bertz CT molecular complexity index is 1130. The normalized spacial score (nSPS) is 12.0. The quantitative estimate of drug-likeness (QED) is 0.472. The number of hydrogen-bond acceptors (Lipinski definition) is 5. The Hall–Kier alpha value is -4.20. The fourth-order valence-corrected chi connectivity index (χ4v) is 3.68. The second-order valence-electron chi connectivity index (χ2n) is 6.74. The number of ether oxygens (including phenoxy) is 1. The van der Waals surface area contributed by atoms with Crippen LogP contribution in [0.15, 0.2) is 66.7 Å². The number of rotatable bonds is 5. The van der Waals surface area contributed by atoms with Gasteiger partial charge in [0, 0.05) is 18.1 Å². The molecule has 0 unspecified atom stereocenters. The molecule has 0 atom stereocenters. The second kappa shape index (κ2) is 7.67. The van der Waals surface area contributed by atoms with Gasteiger partial charge in [-0.25, -0.2) is 9.59 Å². The van der Waals surface area contributed by atoms with Gasteiger partial charge < -0.3 is 9.84 Å². The van der Waals surface area contributed by atoms with Crippen LogP contribution < -0.4 is 5.32 Å². The maximum atomic E-state index is 12.4. The average molecular weight is 404 g/mol. The van der Waals surface area contributed by atoms with Crippen LogP contribution in [0.3, 0.4) is 0 Å². The van der Waals surface area contributed by atoms with E-state index in [2.05, 4.69) is 5.32 Å². The fourth-order valence-electron chi connectivity index (χ4n) is 3.68. The highest BCUT2D eigenvalue weighted by Gasteiger charge is 2.29. The van der Waals surface area contributed by atoms with Crippen LogP contribution >= 0.6 is 0 Å². The number of fused-ring (bicyclic) bond motifs is 3. The molecule has 0 aliphatic heterocycles. The molecule has 3 aromatic carbocycles. The maximum Gasteiger partial charge on any atom is 0.411 e. The van der Waals surface area contributed by atoms with Crippen LogP contribution in [0, 0.1) is 10.1 Å². The van der Waals surface area contributed by atoms with E-state index < -0.39 is 17.0 Å². The minimum atomic E-state index is -1.32. The number of amides is 1. The summed E-state index contributed by atoms with van der Waals surface area (Å²) >= 11 is 0. The van der Waals surface area contributed by atoms with E-state index in [0.29, 0.717) is 0 Å². The molecule has 0 radical (unpaired) electrons. The Morgan fingerprint density at radius 1 is 1.00 bits per heavy atom. The van der Waals surface area contributed by atoms with E-state index in [-0.39, 0.29) is 29.5 Å². The zero-order valence-electron chi connectivity index (χ0n) is 15.6. The predicted molar refractivity (Wildman–Crippen MR) is 109 cm³/mol. The topological polar surface area (TPSA) is 119 Å². The van der Waals surface area contributed by atoms with E-state index in [0.717, 1.165) is 40.5 Å². The van der Waals surface area contributed by atoms with Crippen molar-refractivity contribution in [1.82, 2.24) is 0 Å². The molecule has 1 aliphatic carbocycles. The van der Waals surface area contributed by atoms with E-state index in [4.69, 9.17) is 4.74 Å². The van der Waals surface area contributed by atoms with Crippen molar-refractivity contribution in [3.63, 3.8) is 0 Å². The van der Waals surface area contributed by atoms with E-state index in [1.165, 1.54) is 0 Å². The van der Waals surface area contributed by atoms with Gasteiger partial charge >= 0.3 is 12.1 Å². The number of nitrogens with one attached hydrogen (secondary N) is 1. The molecule has 0 heterocycles. The molecule has 2 N–H and O–H groups in total. The van der Waals surface area contributed by atoms with Crippen LogP contribution in [0.1, 0.15) is 27.4 Å². The Morgan fingerprint density at radius 2 is 1.60 bits per heavy atom. The van der Waals surface area contributed by atoms with Crippen LogP contribution in [-0.2, 0) is 4.74 Å². The molecule has 30 heavy (non-hydrogen) atoms. The van der Waals surface area contributed by atoms with Crippen molar-refractivity contribution >= 4 is 23.4 Å². The number of nitrogens with zero attached hydrogens (tertiary/aromatic N) is 1. The molecule has 8 heteroatoms. The summed E-state index contributed by atoms with van der Waals surface area (Å²) in [5, 5.41) is 22.5. The molecule has 8 nitrogen and oxygen atoms in total. The van der Waals surface area contributed by atoms with E-state index in [1.807, 2.05) is 48.5 Å². The summed E-state index contributed by atoms with van der Waals surface area (Å²) < 4.78 is 5.37. The number of hydrogen-bond donors (Lipinski definition) is 2. The molecule has 3 aromatic rings. The van der Waals surface area contributed by atoms with Crippen molar-refractivity contribution in [1.29, 1.82) is 0 Å². The summed E-state index contributed by atoms with van der Waals surface area (Å²) in [5.41, 5.74) is 3.42. The number of carbonyl (C=O) groups excluding carboxylic acids is 1. The molecule has 0 bridgehead atoms. The molecular weight excluding hydrogens is 388 g/mol. The van der Waals surface area contributed by atoms with Gasteiger partial charge in [-0.15, -0.1) is 0 Å². The van der Waals surface area contributed by atoms with Gasteiger partial charge in [0.05, 0.1) is 16.2 Å². The number of aromatic carboxylic acids is 1. The SMILES string of the molecule is O=C(Nc1cc([N+](=O)[O-])ccc1C(=O)O)OCC1c2ccccc2-c2ccccc21. The molecule has 0 saturated heterocycles. The highest BCUT2D eigenvalue weighted by Crippen LogP contribution is 2.44. The van der Waals surface area contributed by atoms with E-state index >= 15 is 0 Å². The number of benzene rings is 3. The lowest BCUT2D eigenvalue weighted by Crippen LogP contribution is -2.19. The summed E-state index contributed by atoms with van der Waals surface area (Å²) in [7, 11) is 0. The number of carboxylic acids is 1. The van der Waals surface area contributed by atoms with Crippen molar-refractivity contribution in [3.05, 3.63) is 93.5 Å². The van der Waals surface area contributed by atoms with Crippen LogP contribution in [-0.4, -0.2) is 28.7 Å². The van der Waals surface area contributed by atoms with Gasteiger partial charge in [-0.1, -0.05) is 48.5 Å². The Morgan fingerprint density at radius 3 is 2.17 bits per heavy atom. The molecule has 4 rings (SSSR count). The predicted octanol–water partition coefficient (Wildman–Crippen LogP) is 4.65. The molecule has 1 aliphatic rings. The van der Waals surface area contributed by atoms with Crippen LogP contribution in [0.2, 0.25) is 0 Å². The zero-order valence-corrected chi connectivity index (χ0v) is 15.6.